The fourth-order valence-electron chi connectivity index (χ4n) is 2.51. The highest BCUT2D eigenvalue weighted by molar-refractivity contribution is 7.88. The van der Waals surface area contributed by atoms with Crippen LogP contribution in [0.3, 0.4) is 0 Å². The molecule has 0 aliphatic rings. The number of anilines is 1. The van der Waals surface area contributed by atoms with E-state index in [0.29, 0.717) is 21.3 Å². The lowest BCUT2D eigenvalue weighted by Crippen LogP contribution is -2.25. The van der Waals surface area contributed by atoms with Crippen molar-refractivity contribution in [3.63, 3.8) is 0 Å². The minimum absolute atomic E-state index is 0.163. The second-order valence-corrected chi connectivity index (χ2v) is 9.17. The summed E-state index contributed by atoms with van der Waals surface area (Å²) in [5.74, 6) is -0.993. The van der Waals surface area contributed by atoms with Gasteiger partial charge in [0.05, 0.1) is 10.8 Å². The topological polar surface area (TPSA) is 75.3 Å². The fraction of sp³-hybridized carbons (Fsp3) is 0.105. The van der Waals surface area contributed by atoms with Gasteiger partial charge in [-0.2, -0.15) is 0 Å². The third-order valence-corrected chi connectivity index (χ3v) is 6.79. The summed E-state index contributed by atoms with van der Waals surface area (Å²) in [7, 11) is -3.45. The third kappa shape index (κ3) is 4.77. The minimum Gasteiger partial charge on any atom is -0.321 e. The molecule has 3 rings (SSSR count). The van der Waals surface area contributed by atoms with E-state index in [0.717, 1.165) is 11.3 Å². The van der Waals surface area contributed by atoms with E-state index >= 15 is 0 Å². The van der Waals surface area contributed by atoms with Crippen molar-refractivity contribution in [1.82, 2.24) is 4.72 Å². The maximum Gasteiger partial charge on any atom is 0.267 e. The number of carbonyl (C=O) groups excluding carboxylic acids is 1. The molecule has 0 saturated carbocycles. The first-order valence-electron chi connectivity index (χ1n) is 8.15. The number of benzene rings is 2. The lowest BCUT2D eigenvalue weighted by molar-refractivity contribution is 0.103. The highest BCUT2D eigenvalue weighted by Crippen LogP contribution is 2.36. The van der Waals surface area contributed by atoms with Crippen LogP contribution < -0.4 is 10.0 Å². The first-order chi connectivity index (χ1) is 13.3. The van der Waals surface area contributed by atoms with Crippen molar-refractivity contribution < 1.29 is 17.6 Å². The molecule has 9 heteroatoms. The molecule has 0 saturated heterocycles. The first kappa shape index (κ1) is 20.5. The largest absolute Gasteiger partial charge is 0.321 e. The van der Waals surface area contributed by atoms with Crippen LogP contribution in [-0.4, -0.2) is 20.9 Å². The standard InChI is InChI=1S/C19H16ClFN2O3S2/c1-2-9-22-28(25,26)11-12-3-6-14(7-4-12)23-19(24)18-17(20)15-8-5-13(21)10-16(15)27-18/h2-8,10,22H,1,9,11H2,(H,23,24). The van der Waals surface area contributed by atoms with E-state index < -0.39 is 21.7 Å². The number of hydrogen-bond acceptors (Lipinski definition) is 4. The molecule has 0 spiro atoms. The highest BCUT2D eigenvalue weighted by Gasteiger charge is 2.18. The van der Waals surface area contributed by atoms with E-state index in [1.807, 2.05) is 0 Å². The summed E-state index contributed by atoms with van der Waals surface area (Å²) in [5, 5.41) is 3.60. The van der Waals surface area contributed by atoms with Gasteiger partial charge >= 0.3 is 0 Å². The number of nitrogens with one attached hydrogen (secondary N) is 2. The molecular formula is C19H16ClFN2O3S2. The number of carbonyl (C=O) groups is 1. The summed E-state index contributed by atoms with van der Waals surface area (Å²) in [5.41, 5.74) is 1.06. The van der Waals surface area contributed by atoms with Gasteiger partial charge in [0.25, 0.3) is 5.91 Å². The van der Waals surface area contributed by atoms with Crippen LogP contribution in [-0.2, 0) is 15.8 Å². The molecular weight excluding hydrogens is 423 g/mol. The zero-order valence-corrected chi connectivity index (χ0v) is 16.9. The van der Waals surface area contributed by atoms with Crippen molar-refractivity contribution in [1.29, 1.82) is 0 Å². The predicted octanol–water partition coefficient (Wildman–Crippen LogP) is 4.55. The quantitative estimate of drug-likeness (QED) is 0.531. The molecule has 1 heterocycles. The zero-order valence-electron chi connectivity index (χ0n) is 14.5. The molecule has 0 bridgehead atoms. The molecule has 0 radical (unpaired) electrons. The first-order valence-corrected chi connectivity index (χ1v) is 11.0. The average Bonchev–Trinajstić information content (AvgIpc) is 2.97. The van der Waals surface area contributed by atoms with E-state index in [9.17, 15) is 17.6 Å². The van der Waals surface area contributed by atoms with Crippen molar-refractivity contribution in [3.05, 3.63) is 76.4 Å². The van der Waals surface area contributed by atoms with Crippen LogP contribution in [0.15, 0.2) is 55.1 Å². The summed E-state index contributed by atoms with van der Waals surface area (Å²) in [4.78, 5) is 12.8. The second-order valence-electron chi connectivity index (χ2n) is 5.93. The van der Waals surface area contributed by atoms with Gasteiger partial charge in [-0.25, -0.2) is 17.5 Å². The normalized spacial score (nSPS) is 11.5. The van der Waals surface area contributed by atoms with Crippen molar-refractivity contribution in [2.24, 2.45) is 0 Å². The van der Waals surface area contributed by atoms with Crippen molar-refractivity contribution in [2.75, 3.05) is 11.9 Å². The fourth-order valence-corrected chi connectivity index (χ4v) is 5.06. The Morgan fingerprint density at radius 3 is 2.61 bits per heavy atom. The summed E-state index contributed by atoms with van der Waals surface area (Å²) in [6.45, 7) is 3.63. The lowest BCUT2D eigenvalue weighted by atomic mass is 10.2. The molecule has 0 unspecified atom stereocenters. The van der Waals surface area contributed by atoms with Crippen molar-refractivity contribution in [2.45, 2.75) is 5.75 Å². The number of thiophene rings is 1. The van der Waals surface area contributed by atoms with E-state index in [2.05, 4.69) is 16.6 Å². The Balaban J connectivity index is 1.73. The Morgan fingerprint density at radius 2 is 1.93 bits per heavy atom. The number of halogens is 2. The molecule has 146 valence electrons. The van der Waals surface area contributed by atoms with Crippen LogP contribution in [0.2, 0.25) is 5.02 Å². The third-order valence-electron chi connectivity index (χ3n) is 3.81. The Hall–Kier alpha value is -2.26. The highest BCUT2D eigenvalue weighted by atomic mass is 35.5. The van der Waals surface area contributed by atoms with Gasteiger partial charge in [-0.15, -0.1) is 17.9 Å². The Morgan fingerprint density at radius 1 is 1.21 bits per heavy atom. The smallest absolute Gasteiger partial charge is 0.267 e. The molecule has 0 aliphatic carbocycles. The minimum atomic E-state index is -3.45. The molecule has 0 fully saturated rings. The summed E-state index contributed by atoms with van der Waals surface area (Å²) >= 11 is 7.36. The van der Waals surface area contributed by atoms with E-state index in [-0.39, 0.29) is 22.2 Å². The molecule has 2 N–H and O–H groups in total. The van der Waals surface area contributed by atoms with E-state index in [1.165, 1.54) is 24.3 Å². The van der Waals surface area contributed by atoms with Crippen LogP contribution in [0.1, 0.15) is 15.2 Å². The number of rotatable bonds is 7. The molecule has 1 amide bonds. The number of fused-ring (bicyclic) bond motifs is 1. The molecule has 1 aromatic heterocycles. The number of sulfonamides is 1. The maximum absolute atomic E-state index is 13.4. The maximum atomic E-state index is 13.4. The van der Waals surface area contributed by atoms with Gasteiger partial charge in [0.1, 0.15) is 10.7 Å². The second kappa shape index (κ2) is 8.40. The van der Waals surface area contributed by atoms with Crippen LogP contribution in [0.5, 0.6) is 0 Å². The zero-order chi connectivity index (χ0) is 20.3. The molecule has 3 aromatic rings. The van der Waals surface area contributed by atoms with Crippen molar-refractivity contribution >= 4 is 54.6 Å². The van der Waals surface area contributed by atoms with Crippen LogP contribution in [0.25, 0.3) is 10.1 Å². The van der Waals surface area contributed by atoms with Gasteiger partial charge in [0, 0.05) is 22.3 Å². The average molecular weight is 439 g/mol. The Bertz CT molecular complexity index is 1140. The number of amides is 1. The van der Waals surface area contributed by atoms with Crippen molar-refractivity contribution in [3.8, 4) is 0 Å². The lowest BCUT2D eigenvalue weighted by Gasteiger charge is -2.07. The summed E-state index contributed by atoms with van der Waals surface area (Å²) < 4.78 is 40.1. The van der Waals surface area contributed by atoms with Gasteiger partial charge in [0.2, 0.25) is 10.0 Å². The van der Waals surface area contributed by atoms with Gasteiger partial charge in [-0.3, -0.25) is 4.79 Å². The van der Waals surface area contributed by atoms with E-state index in [1.54, 1.807) is 24.3 Å². The van der Waals surface area contributed by atoms with E-state index in [4.69, 9.17) is 11.6 Å². The van der Waals surface area contributed by atoms with Crippen LogP contribution in [0, 0.1) is 5.82 Å². The predicted molar refractivity (Wildman–Crippen MR) is 112 cm³/mol. The van der Waals surface area contributed by atoms with Crippen LogP contribution in [0.4, 0.5) is 10.1 Å². The summed E-state index contributed by atoms with van der Waals surface area (Å²) in [6, 6.07) is 10.6. The van der Waals surface area contributed by atoms with Gasteiger partial charge in [-0.1, -0.05) is 29.8 Å². The number of hydrogen-bond donors (Lipinski definition) is 2. The Labute approximate surface area is 170 Å². The van der Waals surface area contributed by atoms with Crippen LogP contribution >= 0.6 is 22.9 Å². The molecule has 2 aromatic carbocycles. The Kier molecular flexibility index (Phi) is 6.14. The van der Waals surface area contributed by atoms with Gasteiger partial charge in [-0.05, 0) is 35.9 Å². The molecule has 0 atom stereocenters. The summed E-state index contributed by atoms with van der Waals surface area (Å²) in [6.07, 6.45) is 1.46. The molecule has 28 heavy (non-hydrogen) atoms. The SMILES string of the molecule is C=CCNS(=O)(=O)Cc1ccc(NC(=O)c2sc3cc(F)ccc3c2Cl)cc1. The molecule has 5 nitrogen and oxygen atoms in total. The van der Waals surface area contributed by atoms with Gasteiger partial charge < -0.3 is 5.32 Å². The monoisotopic (exact) mass is 438 g/mol. The molecule has 0 aliphatic heterocycles. The van der Waals surface area contributed by atoms with Gasteiger partial charge in [0.15, 0.2) is 0 Å².